The van der Waals surface area contributed by atoms with Gasteiger partial charge in [-0.15, -0.1) is 0 Å². The van der Waals surface area contributed by atoms with Crippen molar-refractivity contribution in [2.24, 2.45) is 0 Å². The predicted molar refractivity (Wildman–Crippen MR) is 109 cm³/mol. The molecule has 1 aromatic heterocycles. The first-order valence-electron chi connectivity index (χ1n) is 9.40. The summed E-state index contributed by atoms with van der Waals surface area (Å²) in [6, 6.07) is 3.31. The topological polar surface area (TPSA) is 84.7 Å². The van der Waals surface area contributed by atoms with E-state index in [0.29, 0.717) is 22.8 Å². The molecular weight excluding hydrogens is 435 g/mol. The minimum Gasteiger partial charge on any atom is -0.464 e. The third kappa shape index (κ3) is 5.00. The van der Waals surface area contributed by atoms with Crippen LogP contribution < -0.4 is 4.90 Å². The van der Waals surface area contributed by atoms with Crippen LogP contribution in [0.4, 0.5) is 18.9 Å². The van der Waals surface area contributed by atoms with Crippen molar-refractivity contribution >= 4 is 27.3 Å². The Balaban J connectivity index is 2.73. The number of benzene rings is 1. The van der Waals surface area contributed by atoms with E-state index in [0.717, 1.165) is 13.0 Å². The molecule has 0 aliphatic heterocycles. The number of rotatable bonds is 4. The second-order valence-electron chi connectivity index (χ2n) is 8.07. The number of nitrogens with zero attached hydrogens (tertiary/aromatic N) is 1. The highest BCUT2D eigenvalue weighted by Crippen LogP contribution is 2.35. The fraction of sp³-hybridized carbons (Fsp3) is 0.429. The van der Waals surface area contributed by atoms with Crippen LogP contribution in [0.15, 0.2) is 33.6 Å². The van der Waals surface area contributed by atoms with Crippen molar-refractivity contribution in [3.63, 3.8) is 0 Å². The van der Waals surface area contributed by atoms with Gasteiger partial charge in [0.15, 0.2) is 9.84 Å². The molecule has 2 aromatic rings. The summed E-state index contributed by atoms with van der Waals surface area (Å²) in [5.74, 6) is -1.60. The molecule has 2 rings (SSSR count). The summed E-state index contributed by atoms with van der Waals surface area (Å²) in [4.78, 5) is 25.6. The first-order valence-corrected chi connectivity index (χ1v) is 11.1. The van der Waals surface area contributed by atoms with Crippen LogP contribution in [0.25, 0.3) is 0 Å². The molecule has 1 heterocycles. The summed E-state index contributed by atoms with van der Waals surface area (Å²) in [6.45, 7) is 9.45. The van der Waals surface area contributed by atoms with Crippen molar-refractivity contribution in [1.82, 2.24) is 0 Å². The predicted octanol–water partition coefficient (Wildman–Crippen LogP) is 4.89. The fourth-order valence-electron chi connectivity index (χ4n) is 2.89. The van der Waals surface area contributed by atoms with Crippen molar-refractivity contribution in [3.8, 4) is 0 Å². The zero-order chi connectivity index (χ0) is 23.9. The summed E-state index contributed by atoms with van der Waals surface area (Å²) in [7, 11) is -4.21. The molecule has 0 saturated carbocycles. The van der Waals surface area contributed by atoms with Crippen LogP contribution in [0.2, 0.25) is 0 Å². The summed E-state index contributed by atoms with van der Waals surface area (Å²) in [6.07, 6.45) is -4.80. The molecule has 2 amide bonds. The molecule has 10 heteroatoms. The SMILES string of the molecule is CCS(=O)(=O)c1cc(C(F)(F)F)ccc1C(=O)N(C(C)=O)c1cc(C(C)(C)C)oc1C. The lowest BCUT2D eigenvalue weighted by Gasteiger charge is -2.21. The maximum atomic E-state index is 13.3. The van der Waals surface area contributed by atoms with Crippen molar-refractivity contribution in [3.05, 3.63) is 46.9 Å². The lowest BCUT2D eigenvalue weighted by Crippen LogP contribution is -2.36. The van der Waals surface area contributed by atoms with Gasteiger partial charge in [0.1, 0.15) is 11.5 Å². The van der Waals surface area contributed by atoms with Crippen molar-refractivity contribution in [2.45, 2.75) is 58.0 Å². The van der Waals surface area contributed by atoms with Gasteiger partial charge in [0.05, 0.1) is 27.5 Å². The van der Waals surface area contributed by atoms with Gasteiger partial charge in [-0.3, -0.25) is 9.59 Å². The van der Waals surface area contributed by atoms with Gasteiger partial charge in [0.25, 0.3) is 5.91 Å². The minimum absolute atomic E-state index is 0.0992. The Labute approximate surface area is 179 Å². The van der Waals surface area contributed by atoms with Crippen LogP contribution in [0.3, 0.4) is 0 Å². The smallest absolute Gasteiger partial charge is 0.416 e. The maximum Gasteiger partial charge on any atom is 0.416 e. The zero-order valence-corrected chi connectivity index (χ0v) is 18.9. The van der Waals surface area contributed by atoms with Gasteiger partial charge in [-0.1, -0.05) is 27.7 Å². The Bertz CT molecular complexity index is 1120. The molecule has 0 bridgehead atoms. The van der Waals surface area contributed by atoms with Crippen molar-refractivity contribution < 1.29 is 35.6 Å². The summed E-state index contributed by atoms with van der Waals surface area (Å²) in [5, 5.41) is 0. The highest BCUT2D eigenvalue weighted by atomic mass is 32.2. The second kappa shape index (κ2) is 8.14. The van der Waals surface area contributed by atoms with E-state index >= 15 is 0 Å². The van der Waals surface area contributed by atoms with E-state index in [2.05, 4.69) is 0 Å². The van der Waals surface area contributed by atoms with Crippen LogP contribution in [0, 0.1) is 6.92 Å². The highest BCUT2D eigenvalue weighted by molar-refractivity contribution is 7.91. The lowest BCUT2D eigenvalue weighted by atomic mass is 9.93. The molecule has 0 atom stereocenters. The molecule has 0 radical (unpaired) electrons. The normalized spacial score (nSPS) is 12.7. The van der Waals surface area contributed by atoms with E-state index in [9.17, 15) is 31.2 Å². The molecule has 0 fully saturated rings. The van der Waals surface area contributed by atoms with Gasteiger partial charge >= 0.3 is 6.18 Å². The number of halogens is 3. The molecular formula is C21H24F3NO5S. The van der Waals surface area contributed by atoms with Gasteiger partial charge in [-0.25, -0.2) is 13.3 Å². The number of anilines is 1. The molecule has 31 heavy (non-hydrogen) atoms. The van der Waals surface area contributed by atoms with Crippen LogP contribution in [0.1, 0.15) is 62.1 Å². The van der Waals surface area contributed by atoms with Crippen LogP contribution in [-0.4, -0.2) is 26.0 Å². The first-order chi connectivity index (χ1) is 14.0. The number of aryl methyl sites for hydroxylation is 1. The third-order valence-electron chi connectivity index (χ3n) is 4.64. The standard InChI is InChI=1S/C21H24F3NO5S/c1-7-31(28,29)17-10-14(21(22,23)24)8-9-15(17)19(27)25(13(3)26)16-11-18(20(4,5)6)30-12(16)2/h8-11H,7H2,1-6H3. The maximum absolute atomic E-state index is 13.3. The number of sulfone groups is 1. The van der Waals surface area contributed by atoms with E-state index in [1.807, 2.05) is 20.8 Å². The average Bonchev–Trinajstić information content (AvgIpc) is 3.02. The lowest BCUT2D eigenvalue weighted by molar-refractivity contribution is -0.137. The number of imide groups is 1. The minimum atomic E-state index is -4.80. The summed E-state index contributed by atoms with van der Waals surface area (Å²) < 4.78 is 70.1. The summed E-state index contributed by atoms with van der Waals surface area (Å²) >= 11 is 0. The third-order valence-corrected chi connectivity index (χ3v) is 6.41. The van der Waals surface area contributed by atoms with Crippen molar-refractivity contribution in [2.75, 3.05) is 10.7 Å². The Morgan fingerprint density at radius 3 is 2.10 bits per heavy atom. The number of alkyl halides is 3. The largest absolute Gasteiger partial charge is 0.464 e. The van der Waals surface area contributed by atoms with Crippen molar-refractivity contribution in [1.29, 1.82) is 0 Å². The van der Waals surface area contributed by atoms with Gasteiger partial charge in [-0.05, 0) is 25.1 Å². The van der Waals surface area contributed by atoms with E-state index < -0.39 is 55.0 Å². The highest BCUT2D eigenvalue weighted by Gasteiger charge is 2.36. The van der Waals surface area contributed by atoms with Gasteiger partial charge in [-0.2, -0.15) is 13.2 Å². The molecule has 0 aliphatic rings. The number of carbonyl (C=O) groups is 2. The first kappa shape index (κ1) is 24.6. The molecule has 0 unspecified atom stereocenters. The Hall–Kier alpha value is -2.62. The number of hydrogen-bond acceptors (Lipinski definition) is 5. The number of carbonyl (C=O) groups excluding carboxylic acids is 2. The zero-order valence-electron chi connectivity index (χ0n) is 18.0. The Kier molecular flexibility index (Phi) is 6.47. The molecule has 1 aromatic carbocycles. The molecule has 0 N–H and O–H groups in total. The van der Waals surface area contributed by atoms with E-state index in [-0.39, 0.29) is 11.4 Å². The number of amides is 2. The number of hydrogen-bond donors (Lipinski definition) is 0. The second-order valence-corrected chi connectivity index (χ2v) is 10.3. The molecule has 0 aliphatic carbocycles. The van der Waals surface area contributed by atoms with Gasteiger partial charge < -0.3 is 4.42 Å². The Morgan fingerprint density at radius 2 is 1.68 bits per heavy atom. The fourth-order valence-corrected chi connectivity index (χ4v) is 4.00. The number of furan rings is 1. The molecule has 170 valence electrons. The van der Waals surface area contributed by atoms with Gasteiger partial charge in [0, 0.05) is 18.4 Å². The van der Waals surface area contributed by atoms with E-state index in [1.54, 1.807) is 0 Å². The van der Waals surface area contributed by atoms with Crippen LogP contribution in [0.5, 0.6) is 0 Å². The molecule has 0 spiro atoms. The Morgan fingerprint density at radius 1 is 1.10 bits per heavy atom. The van der Waals surface area contributed by atoms with Crippen LogP contribution in [-0.2, 0) is 26.2 Å². The van der Waals surface area contributed by atoms with E-state index in [4.69, 9.17) is 4.42 Å². The monoisotopic (exact) mass is 459 g/mol. The summed E-state index contributed by atoms with van der Waals surface area (Å²) in [5.41, 5.74) is -2.08. The average molecular weight is 459 g/mol. The van der Waals surface area contributed by atoms with E-state index in [1.165, 1.54) is 19.9 Å². The molecule has 6 nitrogen and oxygen atoms in total. The van der Waals surface area contributed by atoms with Gasteiger partial charge in [0.2, 0.25) is 5.91 Å². The quantitative estimate of drug-likeness (QED) is 0.650. The molecule has 0 saturated heterocycles. The van der Waals surface area contributed by atoms with Crippen LogP contribution >= 0.6 is 0 Å².